The standard InChI is InChI=1S/C13H15ClFNO/c1-2-13(7-6-11(17)16-13)8-9-4-3-5-10(14)12(9)15/h3-5H,2,6-8H2,1H3,(H,16,17). The Kier molecular flexibility index (Phi) is 3.38. The van der Waals surface area contributed by atoms with E-state index in [1.807, 2.05) is 6.92 Å². The fraction of sp³-hybridized carbons (Fsp3) is 0.462. The van der Waals surface area contributed by atoms with Gasteiger partial charge in [0.15, 0.2) is 0 Å². The molecular weight excluding hydrogens is 241 g/mol. The number of halogens is 2. The summed E-state index contributed by atoms with van der Waals surface area (Å²) in [5, 5.41) is 3.10. The van der Waals surface area contributed by atoms with Crippen molar-refractivity contribution < 1.29 is 9.18 Å². The highest BCUT2D eigenvalue weighted by Gasteiger charge is 2.36. The Bertz CT molecular complexity index is 449. The van der Waals surface area contributed by atoms with Crippen molar-refractivity contribution in [2.24, 2.45) is 0 Å². The molecule has 0 aliphatic carbocycles. The van der Waals surface area contributed by atoms with E-state index in [9.17, 15) is 9.18 Å². The molecule has 0 spiro atoms. The van der Waals surface area contributed by atoms with E-state index in [1.165, 1.54) is 6.07 Å². The first kappa shape index (κ1) is 12.4. The first-order chi connectivity index (χ1) is 8.06. The van der Waals surface area contributed by atoms with Gasteiger partial charge in [-0.15, -0.1) is 0 Å². The minimum absolute atomic E-state index is 0.0503. The molecule has 1 aliphatic rings. The lowest BCUT2D eigenvalue weighted by molar-refractivity contribution is -0.119. The zero-order chi connectivity index (χ0) is 12.5. The molecule has 0 radical (unpaired) electrons. The number of rotatable bonds is 3. The van der Waals surface area contributed by atoms with E-state index in [0.717, 1.165) is 12.8 Å². The summed E-state index contributed by atoms with van der Waals surface area (Å²) in [5.74, 6) is -0.322. The predicted molar refractivity (Wildman–Crippen MR) is 65.5 cm³/mol. The molecule has 4 heteroatoms. The van der Waals surface area contributed by atoms with E-state index in [0.29, 0.717) is 18.4 Å². The van der Waals surface area contributed by atoms with E-state index >= 15 is 0 Å². The maximum absolute atomic E-state index is 13.8. The monoisotopic (exact) mass is 255 g/mol. The fourth-order valence-electron chi connectivity index (χ4n) is 2.35. The molecule has 1 heterocycles. The van der Waals surface area contributed by atoms with Gasteiger partial charge in [-0.05, 0) is 30.9 Å². The Morgan fingerprint density at radius 2 is 2.29 bits per heavy atom. The Balaban J connectivity index is 2.25. The molecule has 1 unspecified atom stereocenters. The SMILES string of the molecule is CCC1(Cc2cccc(Cl)c2F)CCC(=O)N1. The molecule has 0 aromatic heterocycles. The molecule has 1 fully saturated rings. The van der Waals surface area contributed by atoms with Crippen LogP contribution in [0.15, 0.2) is 18.2 Å². The van der Waals surface area contributed by atoms with Crippen LogP contribution in [0.3, 0.4) is 0 Å². The molecule has 1 aliphatic heterocycles. The molecule has 1 aromatic rings. The van der Waals surface area contributed by atoms with E-state index < -0.39 is 0 Å². The molecule has 17 heavy (non-hydrogen) atoms. The molecule has 0 saturated carbocycles. The van der Waals surface area contributed by atoms with Crippen LogP contribution in [0.1, 0.15) is 31.7 Å². The van der Waals surface area contributed by atoms with Crippen LogP contribution in [0.25, 0.3) is 0 Å². The molecule has 1 amide bonds. The van der Waals surface area contributed by atoms with Gasteiger partial charge in [-0.25, -0.2) is 4.39 Å². The first-order valence-electron chi connectivity index (χ1n) is 5.80. The third-order valence-corrected chi connectivity index (χ3v) is 3.76. The highest BCUT2D eigenvalue weighted by Crippen LogP contribution is 2.30. The van der Waals surface area contributed by atoms with Crippen molar-refractivity contribution in [2.75, 3.05) is 0 Å². The van der Waals surface area contributed by atoms with Crippen LogP contribution in [-0.4, -0.2) is 11.4 Å². The molecule has 0 bridgehead atoms. The number of benzene rings is 1. The van der Waals surface area contributed by atoms with Gasteiger partial charge in [-0.1, -0.05) is 30.7 Å². The van der Waals surface area contributed by atoms with Gasteiger partial charge in [0.1, 0.15) is 5.82 Å². The van der Waals surface area contributed by atoms with Crippen molar-refractivity contribution in [3.05, 3.63) is 34.6 Å². The topological polar surface area (TPSA) is 29.1 Å². The Morgan fingerprint density at radius 1 is 1.53 bits per heavy atom. The predicted octanol–water partition coefficient (Wildman–Crippen LogP) is 3.08. The van der Waals surface area contributed by atoms with Crippen LogP contribution < -0.4 is 5.32 Å². The summed E-state index contributed by atoms with van der Waals surface area (Å²) in [6.45, 7) is 2.01. The van der Waals surface area contributed by atoms with E-state index in [-0.39, 0.29) is 22.3 Å². The largest absolute Gasteiger partial charge is 0.350 e. The van der Waals surface area contributed by atoms with Crippen LogP contribution in [0.4, 0.5) is 4.39 Å². The van der Waals surface area contributed by atoms with Gasteiger partial charge in [0.25, 0.3) is 0 Å². The highest BCUT2D eigenvalue weighted by atomic mass is 35.5. The zero-order valence-corrected chi connectivity index (χ0v) is 10.5. The van der Waals surface area contributed by atoms with Crippen molar-refractivity contribution in [1.82, 2.24) is 5.32 Å². The molecule has 1 aromatic carbocycles. The summed E-state index contributed by atoms with van der Waals surface area (Å²) >= 11 is 5.75. The fourth-order valence-corrected chi connectivity index (χ4v) is 2.54. The van der Waals surface area contributed by atoms with Crippen LogP contribution >= 0.6 is 11.6 Å². The number of amides is 1. The smallest absolute Gasteiger partial charge is 0.220 e. The lowest BCUT2D eigenvalue weighted by atomic mass is 9.87. The maximum atomic E-state index is 13.8. The number of carbonyl (C=O) groups excluding carboxylic acids is 1. The Hall–Kier alpha value is -1.09. The van der Waals surface area contributed by atoms with Crippen LogP contribution in [0.5, 0.6) is 0 Å². The molecule has 1 N–H and O–H groups in total. The van der Waals surface area contributed by atoms with Crippen molar-refractivity contribution >= 4 is 17.5 Å². The quantitative estimate of drug-likeness (QED) is 0.884. The van der Waals surface area contributed by atoms with Crippen LogP contribution in [-0.2, 0) is 11.2 Å². The second-order valence-electron chi connectivity index (χ2n) is 4.57. The summed E-state index contributed by atoms with van der Waals surface area (Å²) in [4.78, 5) is 11.3. The number of hydrogen-bond acceptors (Lipinski definition) is 1. The summed E-state index contributed by atoms with van der Waals surface area (Å²) in [7, 11) is 0. The maximum Gasteiger partial charge on any atom is 0.220 e. The Labute approximate surface area is 105 Å². The van der Waals surface area contributed by atoms with Gasteiger partial charge >= 0.3 is 0 Å². The number of hydrogen-bond donors (Lipinski definition) is 1. The van der Waals surface area contributed by atoms with Gasteiger partial charge in [0.05, 0.1) is 5.02 Å². The number of carbonyl (C=O) groups is 1. The molecule has 92 valence electrons. The molecule has 1 saturated heterocycles. The third-order valence-electron chi connectivity index (χ3n) is 3.47. The van der Waals surface area contributed by atoms with Gasteiger partial charge in [-0.2, -0.15) is 0 Å². The summed E-state index contributed by atoms with van der Waals surface area (Å²) in [6.07, 6.45) is 2.58. The van der Waals surface area contributed by atoms with Crippen LogP contribution in [0, 0.1) is 5.82 Å². The summed E-state index contributed by atoms with van der Waals surface area (Å²) in [6, 6.07) is 5.00. The lowest BCUT2D eigenvalue weighted by Crippen LogP contribution is -2.43. The lowest BCUT2D eigenvalue weighted by Gasteiger charge is -2.28. The summed E-state index contributed by atoms with van der Waals surface area (Å²) in [5.41, 5.74) is 0.268. The van der Waals surface area contributed by atoms with Crippen molar-refractivity contribution in [3.8, 4) is 0 Å². The minimum Gasteiger partial charge on any atom is -0.350 e. The van der Waals surface area contributed by atoms with Gasteiger partial charge in [0.2, 0.25) is 5.91 Å². The normalized spacial score (nSPS) is 23.8. The minimum atomic E-state index is -0.372. The van der Waals surface area contributed by atoms with Crippen LogP contribution in [0.2, 0.25) is 5.02 Å². The van der Waals surface area contributed by atoms with E-state index in [4.69, 9.17) is 11.6 Å². The third kappa shape index (κ3) is 2.44. The van der Waals surface area contributed by atoms with Gasteiger partial charge in [-0.3, -0.25) is 4.79 Å². The second-order valence-corrected chi connectivity index (χ2v) is 4.98. The van der Waals surface area contributed by atoms with Gasteiger partial charge < -0.3 is 5.32 Å². The van der Waals surface area contributed by atoms with Crippen molar-refractivity contribution in [1.29, 1.82) is 0 Å². The average Bonchev–Trinajstić information content (AvgIpc) is 2.68. The van der Waals surface area contributed by atoms with Crippen molar-refractivity contribution in [2.45, 2.75) is 38.1 Å². The first-order valence-corrected chi connectivity index (χ1v) is 6.18. The van der Waals surface area contributed by atoms with E-state index in [2.05, 4.69) is 5.32 Å². The molecule has 2 nitrogen and oxygen atoms in total. The molecule has 2 rings (SSSR count). The zero-order valence-electron chi connectivity index (χ0n) is 9.72. The summed E-state index contributed by atoms with van der Waals surface area (Å²) < 4.78 is 13.8. The molecular formula is C13H15ClFNO. The van der Waals surface area contributed by atoms with Gasteiger partial charge in [0, 0.05) is 12.0 Å². The Morgan fingerprint density at radius 3 is 2.88 bits per heavy atom. The van der Waals surface area contributed by atoms with E-state index in [1.54, 1.807) is 12.1 Å². The highest BCUT2D eigenvalue weighted by molar-refractivity contribution is 6.30. The number of nitrogens with one attached hydrogen (secondary N) is 1. The molecule has 1 atom stereocenters. The van der Waals surface area contributed by atoms with Crippen molar-refractivity contribution in [3.63, 3.8) is 0 Å². The second kappa shape index (κ2) is 4.65. The average molecular weight is 256 g/mol.